The van der Waals surface area contributed by atoms with Gasteiger partial charge in [0.2, 0.25) is 5.89 Å². The summed E-state index contributed by atoms with van der Waals surface area (Å²) in [5.41, 5.74) is 0. The fourth-order valence-electron chi connectivity index (χ4n) is 1.08. The van der Waals surface area contributed by atoms with Gasteiger partial charge < -0.3 is 19.8 Å². The smallest absolute Gasteiger partial charge is 0.315 e. The molecule has 0 saturated carbocycles. The van der Waals surface area contributed by atoms with Crippen LogP contribution in [0.2, 0.25) is 0 Å². The lowest BCUT2D eigenvalue weighted by Gasteiger charge is -2.06. The van der Waals surface area contributed by atoms with Crippen LogP contribution in [0.15, 0.2) is 4.42 Å². The first kappa shape index (κ1) is 12.9. The highest BCUT2D eigenvalue weighted by atomic mass is 16.5. The summed E-state index contributed by atoms with van der Waals surface area (Å²) in [6.07, 6.45) is 0.244. The second kappa shape index (κ2) is 7.19. The molecule has 0 aliphatic carbocycles. The summed E-state index contributed by atoms with van der Waals surface area (Å²) in [6.45, 7) is 8.81. The molecule has 0 fully saturated rings. The van der Waals surface area contributed by atoms with E-state index >= 15 is 0 Å². The van der Waals surface area contributed by atoms with E-state index in [0.717, 1.165) is 6.54 Å². The highest BCUT2D eigenvalue weighted by Gasteiger charge is 2.04. The Morgan fingerprint density at radius 1 is 1.38 bits per heavy atom. The van der Waals surface area contributed by atoms with Gasteiger partial charge in [-0.05, 0) is 20.4 Å². The Morgan fingerprint density at radius 3 is 2.88 bits per heavy atom. The van der Waals surface area contributed by atoms with Crippen molar-refractivity contribution in [2.75, 3.05) is 25.0 Å². The minimum absolute atomic E-state index is 0.244. The summed E-state index contributed by atoms with van der Waals surface area (Å²) in [7, 11) is 0. The van der Waals surface area contributed by atoms with E-state index in [2.05, 4.69) is 20.8 Å². The number of aromatic nitrogens is 2. The molecule has 0 aromatic carbocycles. The van der Waals surface area contributed by atoms with Gasteiger partial charge >= 0.3 is 6.01 Å². The Bertz CT molecular complexity index is 288. The molecule has 0 bridgehead atoms. The van der Waals surface area contributed by atoms with Gasteiger partial charge in [-0.3, -0.25) is 0 Å². The minimum atomic E-state index is 0.244. The van der Waals surface area contributed by atoms with Crippen molar-refractivity contribution < 1.29 is 9.15 Å². The molecule has 1 aromatic heterocycles. The average molecular weight is 228 g/mol. The third kappa shape index (κ3) is 5.09. The number of ether oxygens (including phenoxy) is 1. The zero-order chi connectivity index (χ0) is 11.8. The van der Waals surface area contributed by atoms with Gasteiger partial charge in [0.15, 0.2) is 0 Å². The summed E-state index contributed by atoms with van der Waals surface area (Å²) in [5.74, 6) is 0.592. The zero-order valence-electron chi connectivity index (χ0n) is 10.1. The predicted octanol–water partition coefficient (Wildman–Crippen LogP) is 1.02. The van der Waals surface area contributed by atoms with Crippen molar-refractivity contribution in [3.63, 3.8) is 0 Å². The highest BCUT2D eigenvalue weighted by Crippen LogP contribution is 2.04. The van der Waals surface area contributed by atoms with Crippen molar-refractivity contribution in [3.05, 3.63) is 5.89 Å². The zero-order valence-corrected chi connectivity index (χ0v) is 10.1. The maximum absolute atomic E-state index is 5.37. The lowest BCUT2D eigenvalue weighted by atomic mass is 10.5. The SMILES string of the molecule is CCNCc1nnc(NCCOC(C)C)o1. The largest absolute Gasteiger partial charge is 0.407 e. The molecule has 6 heteroatoms. The molecule has 2 N–H and O–H groups in total. The van der Waals surface area contributed by atoms with Gasteiger partial charge in [0, 0.05) is 6.54 Å². The van der Waals surface area contributed by atoms with Crippen LogP contribution in [0.25, 0.3) is 0 Å². The number of nitrogens with one attached hydrogen (secondary N) is 2. The van der Waals surface area contributed by atoms with Crippen LogP contribution >= 0.6 is 0 Å². The van der Waals surface area contributed by atoms with Crippen LogP contribution in [0.3, 0.4) is 0 Å². The Balaban J connectivity index is 2.19. The molecule has 1 aromatic rings. The van der Waals surface area contributed by atoms with E-state index in [4.69, 9.17) is 9.15 Å². The monoisotopic (exact) mass is 228 g/mol. The first-order valence-corrected chi connectivity index (χ1v) is 5.61. The Morgan fingerprint density at radius 2 is 2.19 bits per heavy atom. The maximum atomic E-state index is 5.37. The fourth-order valence-corrected chi connectivity index (χ4v) is 1.08. The van der Waals surface area contributed by atoms with Gasteiger partial charge in [-0.2, -0.15) is 0 Å². The molecule has 0 radical (unpaired) electrons. The van der Waals surface area contributed by atoms with Crippen molar-refractivity contribution in [2.45, 2.75) is 33.4 Å². The maximum Gasteiger partial charge on any atom is 0.315 e. The third-order valence-corrected chi connectivity index (χ3v) is 1.82. The molecule has 92 valence electrons. The molecule has 6 nitrogen and oxygen atoms in total. The van der Waals surface area contributed by atoms with Crippen molar-refractivity contribution >= 4 is 6.01 Å². The summed E-state index contributed by atoms with van der Waals surface area (Å²) in [5, 5.41) is 13.9. The number of hydrogen-bond acceptors (Lipinski definition) is 6. The second-order valence-corrected chi connectivity index (χ2v) is 3.63. The minimum Gasteiger partial charge on any atom is -0.407 e. The van der Waals surface area contributed by atoms with Crippen LogP contribution in [-0.4, -0.2) is 36.0 Å². The fraction of sp³-hybridized carbons (Fsp3) is 0.800. The summed E-state index contributed by atoms with van der Waals surface area (Å²) in [4.78, 5) is 0. The molecule has 0 atom stereocenters. The van der Waals surface area contributed by atoms with E-state index in [9.17, 15) is 0 Å². The Kier molecular flexibility index (Phi) is 5.81. The van der Waals surface area contributed by atoms with Crippen LogP contribution in [0.1, 0.15) is 26.7 Å². The molecular weight excluding hydrogens is 208 g/mol. The molecule has 16 heavy (non-hydrogen) atoms. The van der Waals surface area contributed by atoms with E-state index in [-0.39, 0.29) is 6.10 Å². The standard InChI is InChI=1S/C10H20N4O2/c1-4-11-7-9-13-14-10(16-9)12-5-6-15-8(2)3/h8,11H,4-7H2,1-3H3,(H,12,14). The van der Waals surface area contributed by atoms with Crippen LogP contribution in [-0.2, 0) is 11.3 Å². The van der Waals surface area contributed by atoms with Crippen molar-refractivity contribution in [2.24, 2.45) is 0 Å². The van der Waals surface area contributed by atoms with Crippen LogP contribution < -0.4 is 10.6 Å². The molecular formula is C10H20N4O2. The predicted molar refractivity (Wildman–Crippen MR) is 61.3 cm³/mol. The summed E-state index contributed by atoms with van der Waals surface area (Å²) >= 11 is 0. The van der Waals surface area contributed by atoms with Crippen molar-refractivity contribution in [1.29, 1.82) is 0 Å². The van der Waals surface area contributed by atoms with Crippen LogP contribution in [0, 0.1) is 0 Å². The van der Waals surface area contributed by atoms with E-state index < -0.39 is 0 Å². The number of nitrogens with zero attached hydrogens (tertiary/aromatic N) is 2. The lowest BCUT2D eigenvalue weighted by Crippen LogP contribution is -2.13. The van der Waals surface area contributed by atoms with Gasteiger partial charge in [-0.1, -0.05) is 12.0 Å². The van der Waals surface area contributed by atoms with Gasteiger partial charge in [-0.15, -0.1) is 5.10 Å². The van der Waals surface area contributed by atoms with E-state index in [1.165, 1.54) is 0 Å². The van der Waals surface area contributed by atoms with Crippen molar-refractivity contribution in [3.8, 4) is 0 Å². The van der Waals surface area contributed by atoms with Crippen LogP contribution in [0.4, 0.5) is 6.01 Å². The first-order chi connectivity index (χ1) is 7.72. The van der Waals surface area contributed by atoms with E-state index in [0.29, 0.717) is 31.6 Å². The quantitative estimate of drug-likeness (QED) is 0.647. The van der Waals surface area contributed by atoms with Gasteiger partial charge in [0.05, 0.1) is 19.3 Å². The molecule has 1 heterocycles. The molecule has 1 rings (SSSR count). The van der Waals surface area contributed by atoms with Gasteiger partial charge in [0.25, 0.3) is 0 Å². The van der Waals surface area contributed by atoms with E-state index in [1.54, 1.807) is 0 Å². The molecule has 0 amide bonds. The molecule has 0 aliphatic rings. The van der Waals surface area contributed by atoms with Gasteiger partial charge in [-0.25, -0.2) is 0 Å². The molecule has 0 spiro atoms. The second-order valence-electron chi connectivity index (χ2n) is 3.63. The lowest BCUT2D eigenvalue weighted by molar-refractivity contribution is 0.0868. The number of rotatable bonds is 8. The third-order valence-electron chi connectivity index (χ3n) is 1.82. The number of anilines is 1. The van der Waals surface area contributed by atoms with Crippen LogP contribution in [0.5, 0.6) is 0 Å². The van der Waals surface area contributed by atoms with E-state index in [1.807, 2.05) is 20.8 Å². The molecule has 0 aliphatic heterocycles. The first-order valence-electron chi connectivity index (χ1n) is 5.61. The Hall–Kier alpha value is -1.14. The number of hydrogen-bond donors (Lipinski definition) is 2. The summed E-state index contributed by atoms with van der Waals surface area (Å²) in [6, 6.07) is 0.445. The Labute approximate surface area is 95.8 Å². The topological polar surface area (TPSA) is 72.2 Å². The molecule has 0 unspecified atom stereocenters. The molecule has 0 saturated heterocycles. The van der Waals surface area contributed by atoms with Gasteiger partial charge in [0.1, 0.15) is 0 Å². The van der Waals surface area contributed by atoms with Crippen molar-refractivity contribution in [1.82, 2.24) is 15.5 Å². The average Bonchev–Trinajstić information content (AvgIpc) is 2.69. The summed E-state index contributed by atoms with van der Waals surface area (Å²) < 4.78 is 10.7. The normalized spacial score (nSPS) is 11.0. The highest BCUT2D eigenvalue weighted by molar-refractivity contribution is 5.16.